The smallest absolute Gasteiger partial charge is 0.245 e. The van der Waals surface area contributed by atoms with Crippen LogP contribution in [0, 0.1) is 0 Å². The number of allylic oxidation sites excluding steroid dienone is 1. The predicted molar refractivity (Wildman–Crippen MR) is 96.0 cm³/mol. The third-order valence-corrected chi connectivity index (χ3v) is 8.32. The Morgan fingerprint density at radius 3 is 2.79 bits per heavy atom. The summed E-state index contributed by atoms with van der Waals surface area (Å²) in [5.74, 6) is 0. The van der Waals surface area contributed by atoms with Crippen LogP contribution in [0.4, 0.5) is 4.79 Å². The highest BCUT2D eigenvalue weighted by atomic mass is 32.3. The molecule has 2 aliphatic rings. The van der Waals surface area contributed by atoms with Crippen molar-refractivity contribution in [3.63, 3.8) is 0 Å². The molecule has 0 aliphatic carbocycles. The van der Waals surface area contributed by atoms with Gasteiger partial charge in [0.1, 0.15) is 4.08 Å². The van der Waals surface area contributed by atoms with Gasteiger partial charge in [-0.1, -0.05) is 43.3 Å². The van der Waals surface area contributed by atoms with E-state index in [0.717, 1.165) is 5.56 Å². The number of carbonyl (C=O) groups excluding carboxylic acids is 1. The van der Waals surface area contributed by atoms with Gasteiger partial charge in [0.25, 0.3) is 10.0 Å². The average Bonchev–Trinajstić information content (AvgIpc) is 3.25. The minimum Gasteiger partial charge on any atom is -0.245 e. The van der Waals surface area contributed by atoms with Gasteiger partial charge in [-0.25, -0.2) is 22.9 Å². The van der Waals surface area contributed by atoms with Crippen molar-refractivity contribution in [2.24, 2.45) is 5.10 Å². The third kappa shape index (κ3) is 2.95. The molecule has 1 aromatic rings. The molecule has 0 saturated heterocycles. The van der Waals surface area contributed by atoms with E-state index >= 15 is 0 Å². The maximum atomic E-state index is 12.7. The second-order valence-corrected chi connectivity index (χ2v) is 9.21. The van der Waals surface area contributed by atoms with Crippen molar-refractivity contribution in [2.45, 2.75) is 36.3 Å². The van der Waals surface area contributed by atoms with E-state index in [4.69, 9.17) is 0 Å². The molecular weight excluding hydrogens is 346 g/mol. The van der Waals surface area contributed by atoms with Crippen LogP contribution in [0.5, 0.6) is 0 Å². The van der Waals surface area contributed by atoms with Crippen LogP contribution in [0.15, 0.2) is 46.9 Å². The predicted octanol–water partition coefficient (Wildman–Crippen LogP) is 3.22. The molecule has 0 fully saturated rings. The van der Waals surface area contributed by atoms with Gasteiger partial charge < -0.3 is 0 Å². The summed E-state index contributed by atoms with van der Waals surface area (Å²) in [6.45, 7) is 1.81. The van der Waals surface area contributed by atoms with Gasteiger partial charge in [-0.3, -0.25) is 0 Å². The summed E-state index contributed by atoms with van der Waals surface area (Å²) in [4.78, 5) is 12.6. The van der Waals surface area contributed by atoms with Crippen LogP contribution in [0.1, 0.15) is 37.8 Å². The van der Waals surface area contributed by atoms with Crippen molar-refractivity contribution in [1.29, 1.82) is 0 Å². The zero-order chi connectivity index (χ0) is 17.2. The third-order valence-electron chi connectivity index (χ3n) is 4.28. The maximum absolute atomic E-state index is 12.7. The van der Waals surface area contributed by atoms with E-state index < -0.39 is 20.1 Å². The van der Waals surface area contributed by atoms with Crippen molar-refractivity contribution in [3.05, 3.63) is 47.4 Å². The zero-order valence-electron chi connectivity index (χ0n) is 13.3. The quantitative estimate of drug-likeness (QED) is 0.888. The van der Waals surface area contributed by atoms with Gasteiger partial charge in [0, 0.05) is 12.6 Å². The Morgan fingerprint density at radius 2 is 2.17 bits per heavy atom. The summed E-state index contributed by atoms with van der Waals surface area (Å²) in [6.07, 6.45) is 4.82. The van der Waals surface area contributed by atoms with E-state index in [0.29, 0.717) is 19.3 Å². The highest BCUT2D eigenvalue weighted by Crippen LogP contribution is 2.43. The van der Waals surface area contributed by atoms with Gasteiger partial charge in [0.2, 0.25) is 0 Å². The molecule has 6 nitrogen and oxygen atoms in total. The lowest BCUT2D eigenvalue weighted by Crippen LogP contribution is -2.48. The topological polar surface area (TPSA) is 78.8 Å². The van der Waals surface area contributed by atoms with Crippen LogP contribution in [-0.4, -0.2) is 29.8 Å². The van der Waals surface area contributed by atoms with Crippen molar-refractivity contribution in [1.82, 2.24) is 9.73 Å². The van der Waals surface area contributed by atoms with Crippen LogP contribution >= 0.6 is 11.8 Å². The SMILES string of the molecule is CCC1(S(=O)(=O)NC(=O)N2N=CCC2c2ccccc2)CC=CS1. The van der Waals surface area contributed by atoms with Crippen molar-refractivity contribution < 1.29 is 13.2 Å². The van der Waals surface area contributed by atoms with E-state index in [-0.39, 0.29) is 6.04 Å². The van der Waals surface area contributed by atoms with Gasteiger partial charge in [-0.15, -0.1) is 11.8 Å². The van der Waals surface area contributed by atoms with Crippen molar-refractivity contribution >= 4 is 34.0 Å². The minimum atomic E-state index is -3.83. The summed E-state index contributed by atoms with van der Waals surface area (Å²) in [5.41, 5.74) is 0.921. The molecule has 0 spiro atoms. The number of benzene rings is 1. The van der Waals surface area contributed by atoms with Crippen LogP contribution < -0.4 is 4.72 Å². The molecule has 0 radical (unpaired) electrons. The number of urea groups is 1. The van der Waals surface area contributed by atoms with E-state index in [9.17, 15) is 13.2 Å². The lowest BCUT2D eigenvalue weighted by atomic mass is 10.1. The number of hydrogen-bond acceptors (Lipinski definition) is 5. The number of amides is 2. The number of hydrazone groups is 1. The minimum absolute atomic E-state index is 0.284. The summed E-state index contributed by atoms with van der Waals surface area (Å²) in [5, 5.41) is 7.05. The van der Waals surface area contributed by atoms with Gasteiger partial charge in [-0.05, 0) is 23.8 Å². The van der Waals surface area contributed by atoms with E-state index in [1.807, 2.05) is 43.3 Å². The van der Waals surface area contributed by atoms with E-state index in [1.54, 1.807) is 11.6 Å². The van der Waals surface area contributed by atoms with Crippen LogP contribution in [-0.2, 0) is 10.0 Å². The lowest BCUT2D eigenvalue weighted by molar-refractivity contribution is 0.192. The number of sulfonamides is 1. The lowest BCUT2D eigenvalue weighted by Gasteiger charge is -2.28. The molecule has 0 aromatic heterocycles. The van der Waals surface area contributed by atoms with E-state index in [2.05, 4.69) is 9.82 Å². The normalized spacial score (nSPS) is 26.0. The molecule has 0 saturated carbocycles. The fraction of sp³-hybridized carbons (Fsp3) is 0.375. The molecule has 1 aromatic carbocycles. The first-order valence-corrected chi connectivity index (χ1v) is 10.1. The second-order valence-electron chi connectivity index (χ2n) is 5.67. The number of thioether (sulfide) groups is 1. The van der Waals surface area contributed by atoms with Gasteiger partial charge in [-0.2, -0.15) is 5.10 Å². The molecular formula is C16H19N3O3S2. The molecule has 1 N–H and O–H groups in total. The Labute approximate surface area is 146 Å². The molecule has 128 valence electrons. The molecule has 2 unspecified atom stereocenters. The first-order valence-electron chi connectivity index (χ1n) is 7.75. The number of nitrogens with zero attached hydrogens (tertiary/aromatic N) is 2. The number of carbonyl (C=O) groups is 1. The Hall–Kier alpha value is -1.80. The standard InChI is InChI=1S/C16H19N3O3S2/c1-2-16(10-6-12-23-16)24(21,22)18-15(20)19-14(9-11-17-19)13-7-4-3-5-8-13/h3-8,11-12,14H,2,9-10H2,1H3,(H,18,20). The number of nitrogens with one attached hydrogen (secondary N) is 1. The zero-order valence-corrected chi connectivity index (χ0v) is 14.9. The maximum Gasteiger partial charge on any atom is 0.352 e. The monoisotopic (exact) mass is 365 g/mol. The Kier molecular flexibility index (Phi) is 4.69. The summed E-state index contributed by atoms with van der Waals surface area (Å²) >= 11 is 1.24. The summed E-state index contributed by atoms with van der Waals surface area (Å²) in [6, 6.07) is 8.47. The molecule has 2 aliphatic heterocycles. The second kappa shape index (κ2) is 6.60. The summed E-state index contributed by atoms with van der Waals surface area (Å²) in [7, 11) is -3.83. The molecule has 0 bridgehead atoms. The molecule has 2 amide bonds. The van der Waals surface area contributed by atoms with Crippen molar-refractivity contribution in [2.75, 3.05) is 0 Å². The molecule has 2 atom stereocenters. The first kappa shape index (κ1) is 17.0. The van der Waals surface area contributed by atoms with E-state index in [1.165, 1.54) is 16.8 Å². The molecule has 2 heterocycles. The van der Waals surface area contributed by atoms with Crippen LogP contribution in [0.3, 0.4) is 0 Å². The number of hydrogen-bond donors (Lipinski definition) is 1. The first-order chi connectivity index (χ1) is 11.5. The fourth-order valence-electron chi connectivity index (χ4n) is 2.86. The summed E-state index contributed by atoms with van der Waals surface area (Å²) < 4.78 is 26.6. The highest BCUT2D eigenvalue weighted by molar-refractivity contribution is 8.16. The Morgan fingerprint density at radius 1 is 1.42 bits per heavy atom. The Balaban J connectivity index is 1.78. The Bertz CT molecular complexity index is 767. The largest absolute Gasteiger partial charge is 0.352 e. The van der Waals surface area contributed by atoms with Crippen molar-refractivity contribution in [3.8, 4) is 0 Å². The molecule has 8 heteroatoms. The highest BCUT2D eigenvalue weighted by Gasteiger charge is 2.45. The fourth-order valence-corrected chi connectivity index (χ4v) is 5.66. The van der Waals surface area contributed by atoms with Gasteiger partial charge in [0.15, 0.2) is 0 Å². The van der Waals surface area contributed by atoms with Crippen LogP contribution in [0.25, 0.3) is 0 Å². The molecule has 3 rings (SSSR count). The van der Waals surface area contributed by atoms with Gasteiger partial charge in [0.05, 0.1) is 6.04 Å². The van der Waals surface area contributed by atoms with Gasteiger partial charge >= 0.3 is 6.03 Å². The van der Waals surface area contributed by atoms with Crippen LogP contribution in [0.2, 0.25) is 0 Å². The number of rotatable bonds is 4. The molecule has 24 heavy (non-hydrogen) atoms. The average molecular weight is 365 g/mol.